The molecule has 3 aromatic heterocycles. The highest BCUT2D eigenvalue weighted by molar-refractivity contribution is 7.13. The number of methoxy groups -OCH3 is 2. The number of carbonyl (C=O) groups excluding carboxylic acids is 1. The summed E-state index contributed by atoms with van der Waals surface area (Å²) < 4.78 is 12.3. The van der Waals surface area contributed by atoms with Crippen molar-refractivity contribution in [2.24, 2.45) is 0 Å². The minimum Gasteiger partial charge on any atom is -0.493 e. The van der Waals surface area contributed by atoms with Crippen LogP contribution in [0.4, 0.5) is 0 Å². The smallest absolute Gasteiger partial charge is 0.255 e. The van der Waals surface area contributed by atoms with E-state index >= 15 is 0 Å². The average molecular weight is 436 g/mol. The van der Waals surface area contributed by atoms with Gasteiger partial charge in [-0.3, -0.25) is 4.79 Å². The number of aromatic nitrogens is 4. The second-order valence-electron chi connectivity index (χ2n) is 6.61. The van der Waals surface area contributed by atoms with Gasteiger partial charge in [0.1, 0.15) is 0 Å². The maximum Gasteiger partial charge on any atom is 0.255 e. The third-order valence-electron chi connectivity index (χ3n) is 4.78. The molecule has 1 aromatic carbocycles. The Morgan fingerprint density at radius 3 is 2.77 bits per heavy atom. The number of hydrogen-bond acceptors (Lipinski definition) is 7. The van der Waals surface area contributed by atoms with Gasteiger partial charge in [0.25, 0.3) is 11.9 Å². The Morgan fingerprint density at radius 1 is 1.16 bits per heavy atom. The molecule has 158 valence electrons. The first-order valence-electron chi connectivity index (χ1n) is 9.52. The first-order chi connectivity index (χ1) is 15.1. The zero-order chi connectivity index (χ0) is 21.8. The van der Waals surface area contributed by atoms with E-state index in [2.05, 4.69) is 20.4 Å². The van der Waals surface area contributed by atoms with E-state index in [0.717, 1.165) is 16.1 Å². The molecule has 0 saturated heterocycles. The normalized spacial score (nSPS) is 10.7. The Labute approximate surface area is 183 Å². The second kappa shape index (κ2) is 8.97. The molecular formula is C22H21N5O3S. The molecule has 0 aliphatic carbocycles. The van der Waals surface area contributed by atoms with Crippen LogP contribution >= 0.6 is 11.3 Å². The van der Waals surface area contributed by atoms with Gasteiger partial charge in [-0.15, -0.1) is 11.3 Å². The van der Waals surface area contributed by atoms with Crippen LogP contribution in [0.25, 0.3) is 16.5 Å². The molecule has 0 unspecified atom stereocenters. The van der Waals surface area contributed by atoms with Crippen LogP contribution in [0.15, 0.2) is 54.2 Å². The molecule has 0 atom stereocenters. The first-order valence-corrected chi connectivity index (χ1v) is 10.4. The largest absolute Gasteiger partial charge is 0.493 e. The first kappa shape index (κ1) is 20.5. The lowest BCUT2D eigenvalue weighted by Crippen LogP contribution is -2.23. The van der Waals surface area contributed by atoms with Gasteiger partial charge in [-0.05, 0) is 30.5 Å². The fourth-order valence-electron chi connectivity index (χ4n) is 3.21. The molecule has 0 spiro atoms. The van der Waals surface area contributed by atoms with Crippen LogP contribution in [0.3, 0.4) is 0 Å². The number of ether oxygens (including phenoxy) is 2. The Hall–Kier alpha value is -3.72. The van der Waals surface area contributed by atoms with Crippen molar-refractivity contribution in [3.8, 4) is 28.0 Å². The maximum atomic E-state index is 12.8. The number of amides is 1. The van der Waals surface area contributed by atoms with E-state index < -0.39 is 0 Å². The van der Waals surface area contributed by atoms with Crippen LogP contribution in [0.2, 0.25) is 0 Å². The molecule has 3 heterocycles. The minimum atomic E-state index is -0.247. The van der Waals surface area contributed by atoms with Crippen LogP contribution in [0.5, 0.6) is 11.5 Å². The molecule has 4 aromatic rings. The summed E-state index contributed by atoms with van der Waals surface area (Å²) in [5, 5.41) is 9.24. The lowest BCUT2D eigenvalue weighted by atomic mass is 10.1. The van der Waals surface area contributed by atoms with E-state index in [9.17, 15) is 4.79 Å². The van der Waals surface area contributed by atoms with E-state index in [-0.39, 0.29) is 12.5 Å². The third kappa shape index (κ3) is 4.13. The van der Waals surface area contributed by atoms with Crippen LogP contribution in [-0.2, 0) is 6.54 Å². The van der Waals surface area contributed by atoms with Crippen molar-refractivity contribution in [1.82, 2.24) is 25.1 Å². The summed E-state index contributed by atoms with van der Waals surface area (Å²) >= 11 is 1.60. The lowest BCUT2D eigenvalue weighted by molar-refractivity contribution is 0.0950. The summed E-state index contributed by atoms with van der Waals surface area (Å²) in [5.74, 6) is 1.37. The number of hydrogen-bond donors (Lipinski definition) is 1. The van der Waals surface area contributed by atoms with Crippen molar-refractivity contribution in [2.45, 2.75) is 13.5 Å². The van der Waals surface area contributed by atoms with E-state index in [1.807, 2.05) is 48.7 Å². The summed E-state index contributed by atoms with van der Waals surface area (Å²) in [6, 6.07) is 11.4. The Bertz CT molecular complexity index is 1200. The molecule has 9 heteroatoms. The van der Waals surface area contributed by atoms with Crippen LogP contribution in [0.1, 0.15) is 21.6 Å². The molecule has 1 N–H and O–H groups in total. The molecule has 0 fully saturated rings. The van der Waals surface area contributed by atoms with Crippen molar-refractivity contribution >= 4 is 17.2 Å². The lowest BCUT2D eigenvalue weighted by Gasteiger charge is -2.13. The molecule has 0 aliphatic rings. The summed E-state index contributed by atoms with van der Waals surface area (Å²) in [7, 11) is 3.15. The van der Waals surface area contributed by atoms with Gasteiger partial charge in [0, 0.05) is 18.3 Å². The van der Waals surface area contributed by atoms with Crippen molar-refractivity contribution in [1.29, 1.82) is 0 Å². The van der Waals surface area contributed by atoms with Crippen molar-refractivity contribution in [3.05, 3.63) is 71.0 Å². The number of carbonyl (C=O) groups is 1. The SMILES string of the molecule is COc1cccc(CNC(=O)c2cnn(-c3nccc(-c4cccs4)n3)c2C)c1OC. The molecule has 0 saturated carbocycles. The van der Waals surface area contributed by atoms with E-state index in [1.165, 1.54) is 6.20 Å². The fraction of sp³-hybridized carbons (Fsp3) is 0.182. The molecule has 31 heavy (non-hydrogen) atoms. The fourth-order valence-corrected chi connectivity index (χ4v) is 3.91. The topological polar surface area (TPSA) is 91.2 Å². The maximum absolute atomic E-state index is 12.8. The Morgan fingerprint density at radius 2 is 2.03 bits per heavy atom. The zero-order valence-corrected chi connectivity index (χ0v) is 18.1. The quantitative estimate of drug-likeness (QED) is 0.477. The molecule has 0 aliphatic heterocycles. The summed E-state index contributed by atoms with van der Waals surface area (Å²) in [6.07, 6.45) is 3.21. The molecule has 1 amide bonds. The highest BCUT2D eigenvalue weighted by atomic mass is 32.1. The number of nitrogens with zero attached hydrogens (tertiary/aromatic N) is 4. The van der Waals surface area contributed by atoms with Gasteiger partial charge in [-0.2, -0.15) is 5.10 Å². The van der Waals surface area contributed by atoms with Crippen LogP contribution < -0.4 is 14.8 Å². The standard InChI is InChI=1S/C22H21N5O3S/c1-14-16(21(28)24-12-15-6-4-7-18(29-2)20(15)30-3)13-25-27(14)22-23-10-9-17(26-22)19-8-5-11-31-19/h4-11,13H,12H2,1-3H3,(H,24,28). The van der Waals surface area contributed by atoms with E-state index in [1.54, 1.807) is 36.4 Å². The number of nitrogens with one attached hydrogen (secondary N) is 1. The zero-order valence-electron chi connectivity index (χ0n) is 17.3. The molecule has 4 rings (SSSR count). The van der Waals surface area contributed by atoms with Gasteiger partial charge in [0.15, 0.2) is 11.5 Å². The van der Waals surface area contributed by atoms with Gasteiger partial charge in [-0.1, -0.05) is 18.2 Å². The summed E-state index contributed by atoms with van der Waals surface area (Å²) in [6.45, 7) is 2.10. The predicted molar refractivity (Wildman–Crippen MR) is 118 cm³/mol. The van der Waals surface area contributed by atoms with E-state index in [0.29, 0.717) is 28.7 Å². The Balaban J connectivity index is 1.54. The van der Waals surface area contributed by atoms with Crippen LogP contribution in [-0.4, -0.2) is 39.9 Å². The highest BCUT2D eigenvalue weighted by Crippen LogP contribution is 2.30. The monoisotopic (exact) mass is 435 g/mol. The molecule has 8 nitrogen and oxygen atoms in total. The number of benzene rings is 1. The molecule has 0 bridgehead atoms. The van der Waals surface area contributed by atoms with Crippen molar-refractivity contribution in [2.75, 3.05) is 14.2 Å². The molecule has 0 radical (unpaired) electrons. The van der Waals surface area contributed by atoms with E-state index in [4.69, 9.17) is 9.47 Å². The number of para-hydroxylation sites is 1. The van der Waals surface area contributed by atoms with Gasteiger partial charge in [0.2, 0.25) is 0 Å². The number of rotatable bonds is 7. The third-order valence-corrected chi connectivity index (χ3v) is 5.68. The van der Waals surface area contributed by atoms with Crippen LogP contribution in [0, 0.1) is 6.92 Å². The summed E-state index contributed by atoms with van der Waals surface area (Å²) in [4.78, 5) is 22.8. The molecular weight excluding hydrogens is 414 g/mol. The highest BCUT2D eigenvalue weighted by Gasteiger charge is 2.18. The average Bonchev–Trinajstić information content (AvgIpc) is 3.47. The van der Waals surface area contributed by atoms with Gasteiger partial charge in [0.05, 0.1) is 42.2 Å². The van der Waals surface area contributed by atoms with Crippen molar-refractivity contribution < 1.29 is 14.3 Å². The van der Waals surface area contributed by atoms with Gasteiger partial charge >= 0.3 is 0 Å². The summed E-state index contributed by atoms with van der Waals surface area (Å²) in [5.41, 5.74) is 2.73. The van der Waals surface area contributed by atoms with Gasteiger partial charge in [-0.25, -0.2) is 14.6 Å². The predicted octanol–water partition coefficient (Wildman–Crippen LogP) is 3.65. The second-order valence-corrected chi connectivity index (χ2v) is 7.56. The Kier molecular flexibility index (Phi) is 5.94. The minimum absolute atomic E-state index is 0.247. The van der Waals surface area contributed by atoms with Gasteiger partial charge < -0.3 is 14.8 Å². The van der Waals surface area contributed by atoms with Crippen molar-refractivity contribution in [3.63, 3.8) is 0 Å². The number of thiophene rings is 1.